The van der Waals surface area contributed by atoms with Crippen LogP contribution in [0.2, 0.25) is 5.02 Å². The molecule has 0 atom stereocenters. The molecule has 2 amide bonds. The molecule has 0 aromatic carbocycles. The molecule has 1 aliphatic carbocycles. The van der Waals surface area contributed by atoms with E-state index in [4.69, 9.17) is 11.6 Å². The summed E-state index contributed by atoms with van der Waals surface area (Å²) in [6.45, 7) is 1.75. The topological polar surface area (TPSA) is 71.1 Å². The van der Waals surface area contributed by atoms with E-state index >= 15 is 0 Å². The second-order valence-electron chi connectivity index (χ2n) is 5.74. The van der Waals surface area contributed by atoms with Gasteiger partial charge in [0.2, 0.25) is 5.91 Å². The van der Waals surface area contributed by atoms with Crippen LogP contribution in [0.5, 0.6) is 0 Å². The molecule has 3 rings (SSSR count). The van der Waals surface area contributed by atoms with Crippen LogP contribution in [-0.4, -0.2) is 16.8 Å². The standard InChI is InChI=1S/C17H18ClN3O2S/c1-10(22)21-17-15(13-4-2-3-5-14(13)24-17)16(23)20-9-12-8-11(18)6-7-19-12/h6-8H,2-5,9H2,1H3,(H,20,23)(H,21,22). The Labute approximate surface area is 149 Å². The summed E-state index contributed by atoms with van der Waals surface area (Å²) in [5.41, 5.74) is 2.37. The first-order valence-electron chi connectivity index (χ1n) is 7.85. The molecule has 0 unspecified atom stereocenters. The summed E-state index contributed by atoms with van der Waals surface area (Å²) in [4.78, 5) is 29.6. The smallest absolute Gasteiger partial charge is 0.254 e. The largest absolute Gasteiger partial charge is 0.346 e. The van der Waals surface area contributed by atoms with Gasteiger partial charge in [-0.1, -0.05) is 11.6 Å². The quantitative estimate of drug-likeness (QED) is 0.872. The van der Waals surface area contributed by atoms with Crippen LogP contribution in [0.15, 0.2) is 18.3 Å². The van der Waals surface area contributed by atoms with Crippen LogP contribution in [0.1, 0.15) is 46.3 Å². The first-order chi connectivity index (χ1) is 11.5. The lowest BCUT2D eigenvalue weighted by molar-refractivity contribution is -0.114. The van der Waals surface area contributed by atoms with E-state index in [9.17, 15) is 9.59 Å². The third kappa shape index (κ3) is 3.76. The highest BCUT2D eigenvalue weighted by Gasteiger charge is 2.25. The lowest BCUT2D eigenvalue weighted by atomic mass is 9.95. The summed E-state index contributed by atoms with van der Waals surface area (Å²) in [5, 5.41) is 6.92. The predicted octanol–water partition coefficient (Wildman–Crippen LogP) is 3.56. The number of nitrogens with zero attached hydrogens (tertiary/aromatic N) is 1. The number of halogens is 1. The maximum absolute atomic E-state index is 12.7. The number of hydrogen-bond donors (Lipinski definition) is 2. The summed E-state index contributed by atoms with van der Waals surface area (Å²) in [6.07, 6.45) is 5.65. The minimum absolute atomic E-state index is 0.167. The van der Waals surface area contributed by atoms with Gasteiger partial charge in [0, 0.05) is 23.0 Å². The van der Waals surface area contributed by atoms with Gasteiger partial charge in [-0.25, -0.2) is 0 Å². The average molecular weight is 364 g/mol. The first kappa shape index (κ1) is 16.9. The summed E-state index contributed by atoms with van der Waals surface area (Å²) < 4.78 is 0. The zero-order valence-corrected chi connectivity index (χ0v) is 14.9. The summed E-state index contributed by atoms with van der Waals surface area (Å²) in [5.74, 6) is -0.348. The second-order valence-corrected chi connectivity index (χ2v) is 7.29. The molecule has 0 spiro atoms. The van der Waals surface area contributed by atoms with Crippen molar-refractivity contribution in [3.63, 3.8) is 0 Å². The number of hydrogen-bond acceptors (Lipinski definition) is 4. The molecule has 126 valence electrons. The lowest BCUT2D eigenvalue weighted by Gasteiger charge is -2.13. The lowest BCUT2D eigenvalue weighted by Crippen LogP contribution is -2.25. The monoisotopic (exact) mass is 363 g/mol. The molecule has 0 saturated carbocycles. The Morgan fingerprint density at radius 1 is 1.33 bits per heavy atom. The van der Waals surface area contributed by atoms with Gasteiger partial charge in [0.1, 0.15) is 5.00 Å². The Morgan fingerprint density at radius 3 is 2.88 bits per heavy atom. The van der Waals surface area contributed by atoms with Gasteiger partial charge in [-0.2, -0.15) is 0 Å². The van der Waals surface area contributed by atoms with Crippen LogP contribution in [0.4, 0.5) is 5.00 Å². The fraction of sp³-hybridized carbons (Fsp3) is 0.353. The van der Waals surface area contributed by atoms with E-state index < -0.39 is 0 Å². The maximum Gasteiger partial charge on any atom is 0.254 e. The molecular formula is C17H18ClN3O2S. The molecule has 2 N–H and O–H groups in total. The molecule has 0 bridgehead atoms. The van der Waals surface area contributed by atoms with Crippen molar-refractivity contribution in [2.75, 3.05) is 5.32 Å². The SMILES string of the molecule is CC(=O)Nc1sc2c(c1C(=O)NCc1cc(Cl)ccn1)CCCC2. The van der Waals surface area contributed by atoms with Gasteiger partial charge in [-0.3, -0.25) is 14.6 Å². The molecule has 0 fully saturated rings. The van der Waals surface area contributed by atoms with E-state index in [1.807, 2.05) is 0 Å². The van der Waals surface area contributed by atoms with E-state index in [0.717, 1.165) is 31.2 Å². The van der Waals surface area contributed by atoms with Crippen LogP contribution in [0, 0.1) is 0 Å². The summed E-state index contributed by atoms with van der Waals surface area (Å²) in [7, 11) is 0. The zero-order valence-electron chi connectivity index (χ0n) is 13.3. The zero-order chi connectivity index (χ0) is 17.1. The molecule has 7 heteroatoms. The van der Waals surface area contributed by atoms with E-state index in [-0.39, 0.29) is 11.8 Å². The van der Waals surface area contributed by atoms with Gasteiger partial charge in [0.05, 0.1) is 17.8 Å². The minimum Gasteiger partial charge on any atom is -0.346 e. The van der Waals surface area contributed by atoms with Crippen LogP contribution >= 0.6 is 22.9 Å². The molecule has 2 heterocycles. The van der Waals surface area contributed by atoms with E-state index in [0.29, 0.717) is 27.8 Å². The fourth-order valence-electron chi connectivity index (χ4n) is 2.86. The van der Waals surface area contributed by atoms with E-state index in [1.54, 1.807) is 18.3 Å². The third-order valence-corrected chi connectivity index (χ3v) is 5.34. The van der Waals surface area contributed by atoms with Crippen molar-refractivity contribution in [2.24, 2.45) is 0 Å². The molecule has 0 saturated heterocycles. The molecule has 24 heavy (non-hydrogen) atoms. The average Bonchev–Trinajstić information content (AvgIpc) is 2.89. The van der Waals surface area contributed by atoms with Crippen LogP contribution in [0.25, 0.3) is 0 Å². The molecule has 0 aliphatic heterocycles. The highest BCUT2D eigenvalue weighted by Crippen LogP contribution is 2.38. The molecule has 2 aromatic rings. The van der Waals surface area contributed by atoms with Crippen LogP contribution in [0.3, 0.4) is 0 Å². The number of rotatable bonds is 4. The van der Waals surface area contributed by atoms with Gasteiger partial charge >= 0.3 is 0 Å². The van der Waals surface area contributed by atoms with Crippen molar-refractivity contribution in [1.82, 2.24) is 10.3 Å². The highest BCUT2D eigenvalue weighted by molar-refractivity contribution is 7.17. The number of nitrogens with one attached hydrogen (secondary N) is 2. The van der Waals surface area contributed by atoms with Crippen molar-refractivity contribution in [3.05, 3.63) is 45.1 Å². The second kappa shape index (κ2) is 7.32. The Bertz CT molecular complexity index is 788. The van der Waals surface area contributed by atoms with Gasteiger partial charge in [-0.05, 0) is 43.4 Å². The minimum atomic E-state index is -0.181. The number of anilines is 1. The van der Waals surface area contributed by atoms with Gasteiger partial charge in [-0.15, -0.1) is 11.3 Å². The Hall–Kier alpha value is -1.92. The number of aromatic nitrogens is 1. The number of fused-ring (bicyclic) bond motifs is 1. The van der Waals surface area contributed by atoms with Crippen molar-refractivity contribution in [2.45, 2.75) is 39.2 Å². The maximum atomic E-state index is 12.7. The molecular weight excluding hydrogens is 346 g/mol. The van der Waals surface area contributed by atoms with Crippen LogP contribution in [-0.2, 0) is 24.2 Å². The van der Waals surface area contributed by atoms with Crippen molar-refractivity contribution < 1.29 is 9.59 Å². The molecule has 2 aromatic heterocycles. The Kier molecular flexibility index (Phi) is 5.16. The molecule has 0 radical (unpaired) electrons. The van der Waals surface area contributed by atoms with Crippen molar-refractivity contribution in [1.29, 1.82) is 0 Å². The Morgan fingerprint density at radius 2 is 2.12 bits per heavy atom. The number of amides is 2. The number of thiophene rings is 1. The highest BCUT2D eigenvalue weighted by atomic mass is 35.5. The number of carbonyl (C=O) groups is 2. The summed E-state index contributed by atoms with van der Waals surface area (Å²) in [6, 6.07) is 3.41. The summed E-state index contributed by atoms with van der Waals surface area (Å²) >= 11 is 7.45. The molecule has 5 nitrogen and oxygen atoms in total. The third-order valence-electron chi connectivity index (χ3n) is 3.90. The first-order valence-corrected chi connectivity index (χ1v) is 9.05. The number of carbonyl (C=O) groups excluding carboxylic acids is 2. The van der Waals surface area contributed by atoms with Crippen molar-refractivity contribution in [3.8, 4) is 0 Å². The van der Waals surface area contributed by atoms with Gasteiger partial charge in [0.15, 0.2) is 0 Å². The number of pyridine rings is 1. The predicted molar refractivity (Wildman–Crippen MR) is 95.7 cm³/mol. The van der Waals surface area contributed by atoms with E-state index in [2.05, 4.69) is 15.6 Å². The normalized spacial score (nSPS) is 13.2. The van der Waals surface area contributed by atoms with Crippen molar-refractivity contribution >= 4 is 39.8 Å². The van der Waals surface area contributed by atoms with E-state index in [1.165, 1.54) is 23.1 Å². The van der Waals surface area contributed by atoms with Gasteiger partial charge < -0.3 is 10.6 Å². The van der Waals surface area contributed by atoms with Gasteiger partial charge in [0.25, 0.3) is 5.91 Å². The number of aryl methyl sites for hydroxylation is 1. The molecule has 1 aliphatic rings. The van der Waals surface area contributed by atoms with Crippen LogP contribution < -0.4 is 10.6 Å². The fourth-order valence-corrected chi connectivity index (χ4v) is 4.37. The Balaban J connectivity index is 1.82.